The summed E-state index contributed by atoms with van der Waals surface area (Å²) in [7, 11) is 0. The van der Waals surface area contributed by atoms with Crippen LogP contribution in [0.1, 0.15) is 36.2 Å². The van der Waals surface area contributed by atoms with Crippen LogP contribution < -0.4 is 10.6 Å². The highest BCUT2D eigenvalue weighted by molar-refractivity contribution is 5.95. The number of hydrogen-bond acceptors (Lipinski definition) is 4. The summed E-state index contributed by atoms with van der Waals surface area (Å²) in [6.07, 6.45) is 4.07. The summed E-state index contributed by atoms with van der Waals surface area (Å²) in [5, 5.41) is 14.9. The van der Waals surface area contributed by atoms with Gasteiger partial charge in [-0.1, -0.05) is 6.92 Å². The van der Waals surface area contributed by atoms with Crippen LogP contribution in [0.3, 0.4) is 0 Å². The van der Waals surface area contributed by atoms with Gasteiger partial charge in [0.05, 0.1) is 29.1 Å². The minimum absolute atomic E-state index is 0.127. The van der Waals surface area contributed by atoms with Crippen molar-refractivity contribution in [3.05, 3.63) is 53.9 Å². The molecular formula is C17H18N4O. The number of nitrogens with zero attached hydrogens (tertiary/aromatic N) is 2. The molecule has 22 heavy (non-hydrogen) atoms. The third-order valence-electron chi connectivity index (χ3n) is 3.29. The minimum atomic E-state index is -0.134. The average Bonchev–Trinajstić information content (AvgIpc) is 2.55. The van der Waals surface area contributed by atoms with Gasteiger partial charge in [-0.05, 0) is 43.7 Å². The van der Waals surface area contributed by atoms with E-state index in [0.29, 0.717) is 11.1 Å². The number of carbonyl (C=O) groups is 1. The van der Waals surface area contributed by atoms with Crippen LogP contribution in [0.25, 0.3) is 0 Å². The predicted octanol–water partition coefficient (Wildman–Crippen LogP) is 3.23. The van der Waals surface area contributed by atoms with Gasteiger partial charge in [-0.3, -0.25) is 9.78 Å². The maximum Gasteiger partial charge on any atom is 0.253 e. The quantitative estimate of drug-likeness (QED) is 0.887. The number of carbonyl (C=O) groups excluding carboxylic acids is 1. The Labute approximate surface area is 130 Å². The molecule has 1 aromatic heterocycles. The monoisotopic (exact) mass is 294 g/mol. The van der Waals surface area contributed by atoms with Gasteiger partial charge in [0.15, 0.2) is 0 Å². The Morgan fingerprint density at radius 3 is 2.64 bits per heavy atom. The first-order valence-corrected chi connectivity index (χ1v) is 7.15. The van der Waals surface area contributed by atoms with E-state index in [1.54, 1.807) is 30.6 Å². The van der Waals surface area contributed by atoms with E-state index in [-0.39, 0.29) is 11.9 Å². The topological polar surface area (TPSA) is 77.8 Å². The number of nitrogens with one attached hydrogen (secondary N) is 2. The molecule has 1 amide bonds. The fraction of sp³-hybridized carbons (Fsp3) is 0.235. The third kappa shape index (κ3) is 4.06. The number of aromatic nitrogens is 1. The van der Waals surface area contributed by atoms with E-state index in [1.807, 2.05) is 26.0 Å². The molecule has 2 aromatic rings. The minimum Gasteiger partial charge on any atom is -0.354 e. The normalized spacial score (nSPS) is 11.3. The summed E-state index contributed by atoms with van der Waals surface area (Å²) < 4.78 is 0. The maximum absolute atomic E-state index is 12.1. The third-order valence-corrected chi connectivity index (χ3v) is 3.29. The fourth-order valence-corrected chi connectivity index (χ4v) is 1.84. The fourth-order valence-electron chi connectivity index (χ4n) is 1.84. The Morgan fingerprint density at radius 2 is 2.00 bits per heavy atom. The van der Waals surface area contributed by atoms with Crippen molar-refractivity contribution in [1.82, 2.24) is 10.3 Å². The molecular weight excluding hydrogens is 276 g/mol. The van der Waals surface area contributed by atoms with Crippen molar-refractivity contribution in [2.45, 2.75) is 26.3 Å². The van der Waals surface area contributed by atoms with Gasteiger partial charge in [0.25, 0.3) is 5.91 Å². The van der Waals surface area contributed by atoms with Crippen molar-refractivity contribution in [1.29, 1.82) is 5.26 Å². The van der Waals surface area contributed by atoms with E-state index in [0.717, 1.165) is 17.8 Å². The second-order valence-corrected chi connectivity index (χ2v) is 5.06. The van der Waals surface area contributed by atoms with E-state index in [1.165, 1.54) is 0 Å². The molecule has 112 valence electrons. The van der Waals surface area contributed by atoms with Crippen molar-refractivity contribution in [2.24, 2.45) is 0 Å². The second-order valence-electron chi connectivity index (χ2n) is 5.06. The highest BCUT2D eigenvalue weighted by Crippen LogP contribution is 2.17. The number of anilines is 2. The molecule has 2 N–H and O–H groups in total. The summed E-state index contributed by atoms with van der Waals surface area (Å²) in [4.78, 5) is 16.2. The molecule has 2 rings (SSSR count). The molecule has 0 aliphatic heterocycles. The summed E-state index contributed by atoms with van der Waals surface area (Å²) in [5.41, 5.74) is 2.67. The number of benzene rings is 1. The van der Waals surface area contributed by atoms with E-state index < -0.39 is 0 Å². The Bertz CT molecular complexity index is 689. The number of rotatable bonds is 5. The van der Waals surface area contributed by atoms with E-state index >= 15 is 0 Å². The first-order chi connectivity index (χ1) is 10.6. The highest BCUT2D eigenvalue weighted by atomic mass is 16.1. The second kappa shape index (κ2) is 7.23. The average molecular weight is 294 g/mol. The molecule has 0 aliphatic carbocycles. The molecule has 0 spiro atoms. The molecule has 1 atom stereocenters. The summed E-state index contributed by atoms with van der Waals surface area (Å²) in [6.45, 7) is 3.98. The lowest BCUT2D eigenvalue weighted by Crippen LogP contribution is -2.31. The summed E-state index contributed by atoms with van der Waals surface area (Å²) >= 11 is 0. The van der Waals surface area contributed by atoms with E-state index in [9.17, 15) is 4.79 Å². The summed E-state index contributed by atoms with van der Waals surface area (Å²) in [6, 6.07) is 11.0. The van der Waals surface area contributed by atoms with Gasteiger partial charge in [0.2, 0.25) is 0 Å². The van der Waals surface area contributed by atoms with Gasteiger partial charge >= 0.3 is 0 Å². The SMILES string of the molecule is CCC(C)NC(=O)c1cncc(Nc2ccc(C#N)cc2)c1. The van der Waals surface area contributed by atoms with Gasteiger partial charge in [-0.25, -0.2) is 0 Å². The van der Waals surface area contributed by atoms with Crippen molar-refractivity contribution < 1.29 is 4.79 Å². The van der Waals surface area contributed by atoms with E-state index in [4.69, 9.17) is 5.26 Å². The van der Waals surface area contributed by atoms with E-state index in [2.05, 4.69) is 21.7 Å². The lowest BCUT2D eigenvalue weighted by atomic mass is 10.2. The molecule has 0 saturated heterocycles. The molecule has 1 heterocycles. The molecule has 0 fully saturated rings. The first kappa shape index (κ1) is 15.5. The molecule has 1 unspecified atom stereocenters. The number of pyridine rings is 1. The molecule has 5 heteroatoms. The standard InChI is InChI=1S/C17H18N4O/c1-3-12(2)20-17(22)14-8-16(11-19-10-14)21-15-6-4-13(9-18)5-7-15/h4-8,10-12,21H,3H2,1-2H3,(H,20,22). The van der Waals surface area contributed by atoms with Crippen LogP contribution in [0.4, 0.5) is 11.4 Å². The predicted molar refractivity (Wildman–Crippen MR) is 85.9 cm³/mol. The number of amides is 1. The zero-order chi connectivity index (χ0) is 15.9. The van der Waals surface area contributed by atoms with Gasteiger partial charge in [0, 0.05) is 17.9 Å². The smallest absolute Gasteiger partial charge is 0.253 e. The van der Waals surface area contributed by atoms with Crippen molar-refractivity contribution in [3.63, 3.8) is 0 Å². The molecule has 1 aromatic carbocycles. The Hall–Kier alpha value is -2.87. The Balaban J connectivity index is 2.10. The first-order valence-electron chi connectivity index (χ1n) is 7.15. The van der Waals surface area contributed by atoms with Crippen LogP contribution in [0.5, 0.6) is 0 Å². The van der Waals surface area contributed by atoms with Gasteiger partial charge in [-0.15, -0.1) is 0 Å². The lowest BCUT2D eigenvalue weighted by molar-refractivity contribution is 0.0939. The molecule has 0 aliphatic rings. The van der Waals surface area contributed by atoms with Crippen LogP contribution >= 0.6 is 0 Å². The van der Waals surface area contributed by atoms with Crippen molar-refractivity contribution >= 4 is 17.3 Å². The maximum atomic E-state index is 12.1. The number of nitriles is 1. The van der Waals surface area contributed by atoms with Crippen molar-refractivity contribution in [3.8, 4) is 6.07 Å². The molecule has 0 bridgehead atoms. The van der Waals surface area contributed by atoms with Crippen LogP contribution in [-0.2, 0) is 0 Å². The van der Waals surface area contributed by atoms with Crippen LogP contribution in [0, 0.1) is 11.3 Å². The Kier molecular flexibility index (Phi) is 5.10. The van der Waals surface area contributed by atoms with Gasteiger partial charge in [0.1, 0.15) is 0 Å². The Morgan fingerprint density at radius 1 is 1.27 bits per heavy atom. The summed E-state index contributed by atoms with van der Waals surface area (Å²) in [5.74, 6) is -0.134. The zero-order valence-electron chi connectivity index (χ0n) is 12.6. The van der Waals surface area contributed by atoms with Crippen LogP contribution in [0.2, 0.25) is 0 Å². The lowest BCUT2D eigenvalue weighted by Gasteiger charge is -2.12. The van der Waals surface area contributed by atoms with Crippen molar-refractivity contribution in [2.75, 3.05) is 5.32 Å². The highest BCUT2D eigenvalue weighted by Gasteiger charge is 2.09. The van der Waals surface area contributed by atoms with Gasteiger partial charge < -0.3 is 10.6 Å². The largest absolute Gasteiger partial charge is 0.354 e. The van der Waals surface area contributed by atoms with Crippen LogP contribution in [0.15, 0.2) is 42.7 Å². The zero-order valence-corrected chi connectivity index (χ0v) is 12.6. The van der Waals surface area contributed by atoms with Gasteiger partial charge in [-0.2, -0.15) is 5.26 Å². The molecule has 5 nitrogen and oxygen atoms in total. The molecule has 0 saturated carbocycles. The van der Waals surface area contributed by atoms with Crippen LogP contribution in [-0.4, -0.2) is 16.9 Å². The number of hydrogen-bond donors (Lipinski definition) is 2. The molecule has 0 radical (unpaired) electrons.